The molecule has 0 spiro atoms. The Morgan fingerprint density at radius 2 is 0.958 bits per heavy atom. The lowest BCUT2D eigenvalue weighted by molar-refractivity contribution is -0.147. The van der Waals surface area contributed by atoms with E-state index in [0.717, 1.165) is 64.2 Å². The zero-order valence-electron chi connectivity index (χ0n) is 14.4. The van der Waals surface area contributed by atoms with Crippen molar-refractivity contribution < 1.29 is 30.0 Å². The Kier molecular flexibility index (Phi) is 14.3. The van der Waals surface area contributed by atoms with Gasteiger partial charge in [0.05, 0.1) is 0 Å². The predicted molar refractivity (Wildman–Crippen MR) is 91.8 cm³/mol. The van der Waals surface area contributed by atoms with Gasteiger partial charge in [-0.1, -0.05) is 50.7 Å². The maximum atomic E-state index is 10.4. The quantitative estimate of drug-likeness (QED) is 0.253. The molecule has 0 fully saturated rings. The number of carbonyl (C=O) groups is 2. The largest absolute Gasteiger partial charge is 0.479 e. The van der Waals surface area contributed by atoms with E-state index < -0.39 is 24.1 Å². The Balaban J connectivity index is 3.27. The molecule has 0 rings (SSSR count). The van der Waals surface area contributed by atoms with Crippen molar-refractivity contribution in [2.24, 2.45) is 0 Å². The van der Waals surface area contributed by atoms with E-state index in [-0.39, 0.29) is 0 Å². The average Bonchev–Trinajstić information content (AvgIpc) is 2.54. The fourth-order valence-electron chi connectivity index (χ4n) is 2.39. The molecule has 2 atom stereocenters. The number of rotatable bonds is 16. The van der Waals surface area contributed by atoms with Crippen molar-refractivity contribution >= 4 is 11.9 Å². The summed E-state index contributed by atoms with van der Waals surface area (Å²) in [6.07, 6.45) is 12.2. The van der Waals surface area contributed by atoms with Crippen LogP contribution in [-0.2, 0) is 9.59 Å². The van der Waals surface area contributed by atoms with Gasteiger partial charge in [-0.05, 0) is 38.5 Å². The summed E-state index contributed by atoms with van der Waals surface area (Å²) in [6.45, 7) is 0. The molecule has 0 aromatic carbocycles. The number of hydrogen-bond acceptors (Lipinski definition) is 4. The standard InChI is InChI=1S/C18H32O6/c19-15(17(21)22)13-11-9-7-5-3-1-2-4-6-8-10-12-14-16(20)18(23)24/h1-2,15-16,19-20H,3-14H2,(H,21,22)(H,23,24)/b2-1-/t15-,16+. The first kappa shape index (κ1) is 22.6. The van der Waals surface area contributed by atoms with Gasteiger partial charge in [0.2, 0.25) is 0 Å². The lowest BCUT2D eigenvalue weighted by Gasteiger charge is -2.04. The highest BCUT2D eigenvalue weighted by Crippen LogP contribution is 2.10. The zero-order chi connectivity index (χ0) is 18.2. The summed E-state index contributed by atoms with van der Waals surface area (Å²) < 4.78 is 0. The molecule has 0 bridgehead atoms. The second kappa shape index (κ2) is 15.1. The molecule has 0 saturated heterocycles. The third-order valence-corrected chi connectivity index (χ3v) is 3.93. The maximum Gasteiger partial charge on any atom is 0.332 e. The summed E-state index contributed by atoms with van der Waals surface area (Å²) in [5.74, 6) is -2.29. The fraction of sp³-hybridized carbons (Fsp3) is 0.778. The van der Waals surface area contributed by atoms with Crippen molar-refractivity contribution in [1.29, 1.82) is 0 Å². The lowest BCUT2D eigenvalue weighted by Crippen LogP contribution is -2.18. The van der Waals surface area contributed by atoms with Crippen LogP contribution in [0.25, 0.3) is 0 Å². The topological polar surface area (TPSA) is 115 Å². The van der Waals surface area contributed by atoms with Gasteiger partial charge in [0.1, 0.15) is 0 Å². The van der Waals surface area contributed by atoms with Crippen LogP contribution in [0.2, 0.25) is 0 Å². The zero-order valence-corrected chi connectivity index (χ0v) is 14.4. The van der Waals surface area contributed by atoms with Crippen LogP contribution in [0, 0.1) is 0 Å². The first-order valence-corrected chi connectivity index (χ1v) is 8.92. The fourth-order valence-corrected chi connectivity index (χ4v) is 2.39. The van der Waals surface area contributed by atoms with Gasteiger partial charge in [-0.25, -0.2) is 9.59 Å². The van der Waals surface area contributed by atoms with Crippen LogP contribution in [0.15, 0.2) is 12.2 Å². The first-order chi connectivity index (χ1) is 11.4. The van der Waals surface area contributed by atoms with Gasteiger partial charge in [-0.2, -0.15) is 0 Å². The molecule has 0 aliphatic carbocycles. The van der Waals surface area contributed by atoms with Crippen molar-refractivity contribution in [1.82, 2.24) is 0 Å². The van der Waals surface area contributed by atoms with Crippen molar-refractivity contribution in [3.8, 4) is 0 Å². The van der Waals surface area contributed by atoms with Gasteiger partial charge in [0.25, 0.3) is 0 Å². The summed E-state index contributed by atoms with van der Waals surface area (Å²) in [5, 5.41) is 35.3. The Morgan fingerprint density at radius 3 is 1.29 bits per heavy atom. The minimum Gasteiger partial charge on any atom is -0.479 e. The molecule has 0 radical (unpaired) electrons. The van der Waals surface area contributed by atoms with Crippen LogP contribution < -0.4 is 0 Å². The van der Waals surface area contributed by atoms with Gasteiger partial charge < -0.3 is 20.4 Å². The molecule has 140 valence electrons. The first-order valence-electron chi connectivity index (χ1n) is 8.92. The molecule has 0 unspecified atom stereocenters. The SMILES string of the molecule is O=C(O)[C@H](O)CCCCCC/C=C\CCCCCC[C@H](O)C(=O)O. The van der Waals surface area contributed by atoms with Crippen LogP contribution in [-0.4, -0.2) is 44.6 Å². The maximum absolute atomic E-state index is 10.4. The molecule has 24 heavy (non-hydrogen) atoms. The molecule has 6 heteroatoms. The molecule has 0 saturated carbocycles. The summed E-state index contributed by atoms with van der Waals surface area (Å²) in [6, 6.07) is 0. The van der Waals surface area contributed by atoms with Crippen molar-refractivity contribution in [2.75, 3.05) is 0 Å². The van der Waals surface area contributed by atoms with Crippen LogP contribution in [0.4, 0.5) is 0 Å². The number of aliphatic hydroxyl groups excluding tert-OH is 2. The molecule has 0 heterocycles. The van der Waals surface area contributed by atoms with Crippen LogP contribution in [0.3, 0.4) is 0 Å². The normalized spacial score (nSPS) is 13.9. The molecular weight excluding hydrogens is 312 g/mol. The van der Waals surface area contributed by atoms with Gasteiger partial charge in [0.15, 0.2) is 12.2 Å². The van der Waals surface area contributed by atoms with Crippen molar-refractivity contribution in [2.45, 2.75) is 89.3 Å². The minimum absolute atomic E-state index is 0.328. The van der Waals surface area contributed by atoms with E-state index in [4.69, 9.17) is 20.4 Å². The van der Waals surface area contributed by atoms with Gasteiger partial charge in [-0.15, -0.1) is 0 Å². The van der Waals surface area contributed by atoms with Crippen molar-refractivity contribution in [3.63, 3.8) is 0 Å². The lowest BCUT2D eigenvalue weighted by atomic mass is 10.1. The second-order valence-corrected chi connectivity index (χ2v) is 6.16. The third kappa shape index (κ3) is 14.2. The van der Waals surface area contributed by atoms with Crippen LogP contribution in [0.1, 0.15) is 77.0 Å². The van der Waals surface area contributed by atoms with Gasteiger partial charge in [-0.3, -0.25) is 0 Å². The molecule has 0 amide bonds. The number of carboxylic acids is 2. The third-order valence-electron chi connectivity index (χ3n) is 3.93. The Morgan fingerprint density at radius 1 is 0.625 bits per heavy atom. The number of hydrogen-bond donors (Lipinski definition) is 4. The molecule has 4 N–H and O–H groups in total. The highest BCUT2D eigenvalue weighted by atomic mass is 16.4. The van der Waals surface area contributed by atoms with E-state index in [0.29, 0.717) is 12.8 Å². The number of aliphatic hydroxyl groups is 2. The molecular formula is C18H32O6. The van der Waals surface area contributed by atoms with E-state index in [2.05, 4.69) is 12.2 Å². The predicted octanol–water partition coefficient (Wildman–Crippen LogP) is 3.11. The summed E-state index contributed by atoms with van der Waals surface area (Å²) >= 11 is 0. The second-order valence-electron chi connectivity index (χ2n) is 6.16. The van der Waals surface area contributed by atoms with E-state index in [1.54, 1.807) is 0 Å². The monoisotopic (exact) mass is 344 g/mol. The van der Waals surface area contributed by atoms with Gasteiger partial charge >= 0.3 is 11.9 Å². The summed E-state index contributed by atoms with van der Waals surface area (Å²) in [7, 11) is 0. The van der Waals surface area contributed by atoms with E-state index in [9.17, 15) is 9.59 Å². The van der Waals surface area contributed by atoms with Crippen LogP contribution >= 0.6 is 0 Å². The molecule has 6 nitrogen and oxygen atoms in total. The Labute approximate surface area is 144 Å². The number of aliphatic carboxylic acids is 2. The summed E-state index contributed by atoms with van der Waals surface area (Å²) in [4.78, 5) is 20.8. The number of unbranched alkanes of at least 4 members (excludes halogenated alkanes) is 8. The minimum atomic E-state index is -1.22. The highest BCUT2D eigenvalue weighted by molar-refractivity contribution is 5.72. The Hall–Kier alpha value is -1.40. The molecule has 0 aliphatic heterocycles. The summed E-state index contributed by atoms with van der Waals surface area (Å²) in [5.41, 5.74) is 0. The van der Waals surface area contributed by atoms with Crippen LogP contribution in [0.5, 0.6) is 0 Å². The van der Waals surface area contributed by atoms with Crippen molar-refractivity contribution in [3.05, 3.63) is 12.2 Å². The number of carboxylic acid groups (broad SMARTS) is 2. The molecule has 0 aromatic rings. The van der Waals surface area contributed by atoms with E-state index in [1.165, 1.54) is 0 Å². The van der Waals surface area contributed by atoms with E-state index in [1.807, 2.05) is 0 Å². The number of allylic oxidation sites excluding steroid dienone is 2. The smallest absolute Gasteiger partial charge is 0.332 e. The highest BCUT2D eigenvalue weighted by Gasteiger charge is 2.12. The van der Waals surface area contributed by atoms with E-state index >= 15 is 0 Å². The average molecular weight is 344 g/mol. The Bertz CT molecular complexity index is 333. The molecule has 0 aliphatic rings. The van der Waals surface area contributed by atoms with Gasteiger partial charge in [0, 0.05) is 0 Å². The molecule has 0 aromatic heterocycles.